The van der Waals surface area contributed by atoms with Gasteiger partial charge >= 0.3 is 12.1 Å². The maximum absolute atomic E-state index is 12.5. The number of carbonyl (C=O) groups excluding carboxylic acids is 2. The monoisotopic (exact) mass is 431 g/mol. The highest BCUT2D eigenvalue weighted by Gasteiger charge is 2.28. The predicted octanol–water partition coefficient (Wildman–Crippen LogP) is 4.22. The fourth-order valence-corrected chi connectivity index (χ4v) is 4.52. The van der Waals surface area contributed by atoms with Gasteiger partial charge in [0, 0.05) is 50.6 Å². The Balaban J connectivity index is 1.81. The van der Waals surface area contributed by atoms with Crippen LogP contribution in [0.1, 0.15) is 62.4 Å². The molecule has 3 rings (SSSR count). The molecule has 31 heavy (non-hydrogen) atoms. The highest BCUT2D eigenvalue weighted by atomic mass is 16.6. The predicted molar refractivity (Wildman–Crippen MR) is 123 cm³/mol. The zero-order valence-electron chi connectivity index (χ0n) is 19.9. The Bertz CT molecular complexity index is 804. The number of hydrogen-bond donors (Lipinski definition) is 0. The van der Waals surface area contributed by atoms with Gasteiger partial charge in [0.1, 0.15) is 5.60 Å². The highest BCUT2D eigenvalue weighted by molar-refractivity contribution is 5.94. The van der Waals surface area contributed by atoms with Gasteiger partial charge in [-0.1, -0.05) is 12.8 Å². The second kappa shape index (κ2) is 9.37. The second-order valence-corrected chi connectivity index (χ2v) is 9.63. The summed E-state index contributed by atoms with van der Waals surface area (Å²) in [6.07, 6.45) is 4.60. The van der Waals surface area contributed by atoms with E-state index in [1.54, 1.807) is 4.90 Å². The van der Waals surface area contributed by atoms with Crippen LogP contribution in [0, 0.1) is 6.92 Å². The summed E-state index contributed by atoms with van der Waals surface area (Å²) in [5, 5.41) is 0. The van der Waals surface area contributed by atoms with E-state index in [9.17, 15) is 9.59 Å². The molecule has 2 fully saturated rings. The van der Waals surface area contributed by atoms with Gasteiger partial charge < -0.3 is 24.2 Å². The van der Waals surface area contributed by atoms with E-state index < -0.39 is 5.60 Å². The summed E-state index contributed by atoms with van der Waals surface area (Å²) in [4.78, 5) is 31.2. The van der Waals surface area contributed by atoms with Crippen LogP contribution < -0.4 is 9.80 Å². The summed E-state index contributed by atoms with van der Waals surface area (Å²) in [5.74, 6) is -0.312. The molecule has 1 saturated heterocycles. The zero-order chi connectivity index (χ0) is 22.8. The van der Waals surface area contributed by atoms with Gasteiger partial charge in [-0.25, -0.2) is 9.59 Å². The molecule has 1 aromatic carbocycles. The van der Waals surface area contributed by atoms with Gasteiger partial charge in [0.05, 0.1) is 12.7 Å². The van der Waals surface area contributed by atoms with Crippen molar-refractivity contribution in [1.29, 1.82) is 0 Å². The van der Waals surface area contributed by atoms with Crippen molar-refractivity contribution in [3.63, 3.8) is 0 Å². The number of piperazine rings is 1. The third-order valence-electron chi connectivity index (χ3n) is 6.32. The Kier molecular flexibility index (Phi) is 7.02. The minimum atomic E-state index is -0.500. The van der Waals surface area contributed by atoms with Crippen LogP contribution >= 0.6 is 0 Å². The molecule has 0 aromatic heterocycles. The smallest absolute Gasteiger partial charge is 0.410 e. The van der Waals surface area contributed by atoms with Crippen molar-refractivity contribution < 1.29 is 19.1 Å². The second-order valence-electron chi connectivity index (χ2n) is 9.63. The molecule has 0 atom stereocenters. The lowest BCUT2D eigenvalue weighted by molar-refractivity contribution is 0.0240. The van der Waals surface area contributed by atoms with Crippen LogP contribution in [0.15, 0.2) is 12.1 Å². The molecule has 172 valence electrons. The lowest BCUT2D eigenvalue weighted by Gasteiger charge is -2.38. The summed E-state index contributed by atoms with van der Waals surface area (Å²) < 4.78 is 10.6. The number of rotatable bonds is 4. The number of benzene rings is 1. The number of methoxy groups -OCH3 is 1. The van der Waals surface area contributed by atoms with Crippen LogP contribution in [0.2, 0.25) is 0 Å². The molecule has 7 heteroatoms. The molecule has 0 spiro atoms. The van der Waals surface area contributed by atoms with Crippen molar-refractivity contribution in [2.24, 2.45) is 0 Å². The molecule has 0 radical (unpaired) electrons. The molecule has 0 bridgehead atoms. The molecule has 1 saturated carbocycles. The van der Waals surface area contributed by atoms with E-state index in [0.29, 0.717) is 37.8 Å². The van der Waals surface area contributed by atoms with Crippen molar-refractivity contribution >= 4 is 23.4 Å². The number of nitrogens with zero attached hydrogens (tertiary/aromatic N) is 3. The van der Waals surface area contributed by atoms with Gasteiger partial charge in [-0.05, 0) is 58.2 Å². The quantitative estimate of drug-likeness (QED) is 0.666. The number of anilines is 2. The summed E-state index contributed by atoms with van der Waals surface area (Å²) >= 11 is 0. The number of amides is 1. The first-order valence-corrected chi connectivity index (χ1v) is 11.3. The van der Waals surface area contributed by atoms with Gasteiger partial charge in [-0.2, -0.15) is 0 Å². The molecular formula is C24H37N3O4. The summed E-state index contributed by atoms with van der Waals surface area (Å²) in [6, 6.07) is 4.61. The molecule has 1 aliphatic heterocycles. The van der Waals surface area contributed by atoms with E-state index in [0.717, 1.165) is 16.9 Å². The lowest BCUT2D eigenvalue weighted by atomic mass is 10.0. The Morgan fingerprint density at radius 1 is 1.06 bits per heavy atom. The zero-order valence-corrected chi connectivity index (χ0v) is 19.9. The van der Waals surface area contributed by atoms with Crippen LogP contribution in [0.5, 0.6) is 0 Å². The molecular weight excluding hydrogens is 394 g/mol. The average Bonchev–Trinajstić information content (AvgIpc) is 3.26. The Morgan fingerprint density at radius 2 is 1.68 bits per heavy atom. The Labute approximate surface area is 186 Å². The van der Waals surface area contributed by atoms with Crippen molar-refractivity contribution in [3.05, 3.63) is 23.3 Å². The Morgan fingerprint density at radius 3 is 2.23 bits per heavy atom. The molecule has 1 aromatic rings. The summed E-state index contributed by atoms with van der Waals surface area (Å²) in [6.45, 7) is 10.2. The van der Waals surface area contributed by atoms with Crippen molar-refractivity contribution in [2.45, 2.75) is 65.0 Å². The first kappa shape index (κ1) is 23.2. The highest BCUT2D eigenvalue weighted by Crippen LogP contribution is 2.34. The SMILES string of the molecule is COC(=O)c1cc(N2CCN(C(=O)OC(C)(C)C)CC2)cc(N(C)C2CCCC2)c1C. The first-order valence-electron chi connectivity index (χ1n) is 11.3. The van der Waals surface area contributed by atoms with Crippen LogP contribution in [-0.4, -0.2) is 68.9 Å². The van der Waals surface area contributed by atoms with E-state index in [2.05, 4.69) is 22.9 Å². The van der Waals surface area contributed by atoms with E-state index >= 15 is 0 Å². The van der Waals surface area contributed by atoms with E-state index in [-0.39, 0.29) is 12.1 Å². The number of esters is 1. The third-order valence-corrected chi connectivity index (χ3v) is 6.32. The summed E-state index contributed by atoms with van der Waals surface area (Å²) in [5.41, 5.74) is 3.14. The van der Waals surface area contributed by atoms with Crippen LogP contribution in [0.25, 0.3) is 0 Å². The van der Waals surface area contributed by atoms with Crippen molar-refractivity contribution in [3.8, 4) is 0 Å². The largest absolute Gasteiger partial charge is 0.465 e. The molecule has 1 amide bonds. The van der Waals surface area contributed by atoms with E-state index in [1.807, 2.05) is 33.8 Å². The molecule has 0 unspecified atom stereocenters. The maximum Gasteiger partial charge on any atom is 0.410 e. The molecule has 1 aliphatic carbocycles. The minimum Gasteiger partial charge on any atom is -0.465 e. The van der Waals surface area contributed by atoms with Crippen LogP contribution in [0.3, 0.4) is 0 Å². The maximum atomic E-state index is 12.5. The number of carbonyl (C=O) groups is 2. The van der Waals surface area contributed by atoms with Gasteiger partial charge in [-0.15, -0.1) is 0 Å². The first-order chi connectivity index (χ1) is 14.6. The normalized spacial score (nSPS) is 17.6. The van der Waals surface area contributed by atoms with Crippen molar-refractivity contribution in [2.75, 3.05) is 50.1 Å². The Hall–Kier alpha value is -2.44. The molecule has 0 N–H and O–H groups in total. The minimum absolute atomic E-state index is 0.270. The average molecular weight is 432 g/mol. The van der Waals surface area contributed by atoms with Crippen molar-refractivity contribution in [1.82, 2.24) is 4.90 Å². The molecule has 2 aliphatic rings. The van der Waals surface area contributed by atoms with Crippen LogP contribution in [0.4, 0.5) is 16.2 Å². The number of hydrogen-bond acceptors (Lipinski definition) is 6. The van der Waals surface area contributed by atoms with Gasteiger partial charge in [0.15, 0.2) is 0 Å². The van der Waals surface area contributed by atoms with Gasteiger partial charge in [0.2, 0.25) is 0 Å². The fourth-order valence-electron chi connectivity index (χ4n) is 4.52. The third kappa shape index (κ3) is 5.43. The molecule has 7 nitrogen and oxygen atoms in total. The summed E-state index contributed by atoms with van der Waals surface area (Å²) in [7, 11) is 3.55. The number of ether oxygens (including phenoxy) is 2. The van der Waals surface area contributed by atoms with Gasteiger partial charge in [-0.3, -0.25) is 0 Å². The van der Waals surface area contributed by atoms with E-state index in [1.165, 1.54) is 32.8 Å². The standard InChI is InChI=1S/C24H37N3O4/c1-17-20(22(28)30-6)15-19(16-21(17)25(5)18-9-7-8-10-18)26-11-13-27(14-12-26)23(29)31-24(2,3)4/h15-16,18H,7-14H2,1-6H3. The van der Waals surface area contributed by atoms with Gasteiger partial charge in [0.25, 0.3) is 0 Å². The fraction of sp³-hybridized carbons (Fsp3) is 0.667. The van der Waals surface area contributed by atoms with Crippen LogP contribution in [-0.2, 0) is 9.47 Å². The lowest BCUT2D eigenvalue weighted by Crippen LogP contribution is -2.50. The topological polar surface area (TPSA) is 62.3 Å². The molecule has 1 heterocycles. The van der Waals surface area contributed by atoms with E-state index in [4.69, 9.17) is 9.47 Å².